The minimum atomic E-state index is -4.93. The molecule has 1 aliphatic heterocycles. The van der Waals surface area contributed by atoms with Gasteiger partial charge < -0.3 is 9.88 Å². The summed E-state index contributed by atoms with van der Waals surface area (Å²) in [4.78, 5) is 23.2. The first-order chi connectivity index (χ1) is 14.9. The predicted octanol–water partition coefficient (Wildman–Crippen LogP) is 6.05. The average molecular weight is 470 g/mol. The number of thioether (sulfide) groups is 1. The van der Waals surface area contributed by atoms with Gasteiger partial charge in [0.15, 0.2) is 0 Å². The van der Waals surface area contributed by atoms with Gasteiger partial charge in [-0.25, -0.2) is 0 Å². The summed E-state index contributed by atoms with van der Waals surface area (Å²) in [5, 5.41) is 2.08. The highest BCUT2D eigenvalue weighted by molar-refractivity contribution is 8.27. The minimum absolute atomic E-state index is 0.0898. The van der Waals surface area contributed by atoms with Crippen LogP contribution in [0, 0.1) is 0 Å². The lowest BCUT2D eigenvalue weighted by Crippen LogP contribution is -2.12. The lowest BCUT2D eigenvalue weighted by molar-refractivity contribution is -0.143. The monoisotopic (exact) mass is 470 g/mol. The number of nitrogens with zero attached hydrogens (tertiary/aromatic N) is 1. The SMILES string of the molecule is O=C1NC(=Cc2cccc3c2ccn3Cc2cc(C(F)(F)F)cc(C(F)(F)F)c2)C(=O)S1. The fraction of sp³-hybridized carbons (Fsp3) is 0.143. The molecule has 1 fully saturated rings. The van der Waals surface area contributed by atoms with Crippen molar-refractivity contribution >= 4 is 39.1 Å². The molecule has 0 saturated carbocycles. The lowest BCUT2D eigenvalue weighted by atomic mass is 10.0. The lowest BCUT2D eigenvalue weighted by Gasteiger charge is -2.15. The number of hydrogen-bond acceptors (Lipinski definition) is 3. The molecule has 4 nitrogen and oxygen atoms in total. The van der Waals surface area contributed by atoms with E-state index in [9.17, 15) is 35.9 Å². The second-order valence-electron chi connectivity index (χ2n) is 7.00. The van der Waals surface area contributed by atoms with E-state index in [-0.39, 0.29) is 23.9 Å². The largest absolute Gasteiger partial charge is 0.416 e. The zero-order valence-corrected chi connectivity index (χ0v) is 16.7. The molecule has 0 unspecified atom stereocenters. The zero-order valence-electron chi connectivity index (χ0n) is 15.8. The first kappa shape index (κ1) is 22.0. The van der Waals surface area contributed by atoms with Crippen molar-refractivity contribution in [3.05, 3.63) is 76.6 Å². The summed E-state index contributed by atoms with van der Waals surface area (Å²) < 4.78 is 80.3. The highest BCUT2D eigenvalue weighted by atomic mass is 32.2. The fourth-order valence-corrected chi connectivity index (χ4v) is 3.94. The first-order valence-corrected chi connectivity index (χ1v) is 9.84. The molecule has 0 aliphatic carbocycles. The van der Waals surface area contributed by atoms with Gasteiger partial charge in [-0.15, -0.1) is 0 Å². The van der Waals surface area contributed by atoms with Gasteiger partial charge >= 0.3 is 12.4 Å². The molecule has 1 amide bonds. The normalized spacial score (nSPS) is 16.2. The molecule has 1 N–H and O–H groups in total. The summed E-state index contributed by atoms with van der Waals surface area (Å²) in [5.41, 5.74) is -1.73. The van der Waals surface area contributed by atoms with E-state index < -0.39 is 33.8 Å². The standard InChI is InChI=1S/C21H12F6N2O2S/c22-20(23,24)13-6-11(7-14(9-13)21(25,26)27)10-29-5-4-15-12(2-1-3-17(15)29)8-16-18(30)32-19(31)28-16/h1-9H,10H2,(H,28,31). The second-order valence-corrected chi connectivity index (χ2v) is 7.94. The summed E-state index contributed by atoms with van der Waals surface area (Å²) in [6.07, 6.45) is -6.85. The summed E-state index contributed by atoms with van der Waals surface area (Å²) in [5.74, 6) is 0. The molecule has 2 heterocycles. The maximum atomic E-state index is 13.1. The Balaban J connectivity index is 1.74. The van der Waals surface area contributed by atoms with E-state index in [0.717, 1.165) is 0 Å². The molecule has 0 atom stereocenters. The van der Waals surface area contributed by atoms with E-state index >= 15 is 0 Å². The van der Waals surface area contributed by atoms with Gasteiger partial charge in [-0.05, 0) is 47.5 Å². The third-order valence-corrected chi connectivity index (χ3v) is 5.48. The van der Waals surface area contributed by atoms with Crippen LogP contribution in [0.15, 0.2) is 54.4 Å². The molecule has 0 radical (unpaired) electrons. The molecule has 32 heavy (non-hydrogen) atoms. The Morgan fingerprint density at radius 2 is 1.59 bits per heavy atom. The van der Waals surface area contributed by atoms with Gasteiger partial charge in [0.25, 0.3) is 5.24 Å². The molecule has 11 heteroatoms. The van der Waals surface area contributed by atoms with Crippen LogP contribution in [0.2, 0.25) is 0 Å². The Kier molecular flexibility index (Phi) is 5.32. The van der Waals surface area contributed by atoms with E-state index in [1.165, 1.54) is 16.8 Å². The molecule has 166 valence electrons. The Morgan fingerprint density at radius 3 is 2.16 bits per heavy atom. The van der Waals surface area contributed by atoms with Gasteiger partial charge in [0.1, 0.15) is 0 Å². The third-order valence-electron chi connectivity index (χ3n) is 4.79. The number of hydrogen-bond donors (Lipinski definition) is 1. The molecule has 0 bridgehead atoms. The Labute approximate surface area is 180 Å². The Morgan fingerprint density at radius 1 is 0.938 bits per heavy atom. The van der Waals surface area contributed by atoms with Crippen molar-refractivity contribution in [3.8, 4) is 0 Å². The number of rotatable bonds is 3. The van der Waals surface area contributed by atoms with E-state index in [4.69, 9.17) is 0 Å². The molecule has 1 aliphatic rings. The number of carbonyl (C=O) groups excluding carboxylic acids is 2. The summed E-state index contributed by atoms with van der Waals surface area (Å²) in [7, 11) is 0. The van der Waals surface area contributed by atoms with Gasteiger partial charge in [0, 0.05) is 35.4 Å². The molecule has 2 aromatic carbocycles. The van der Waals surface area contributed by atoms with E-state index in [1.807, 2.05) is 0 Å². The van der Waals surface area contributed by atoms with Crippen molar-refractivity contribution in [3.63, 3.8) is 0 Å². The number of aromatic nitrogens is 1. The van der Waals surface area contributed by atoms with Crippen molar-refractivity contribution in [2.24, 2.45) is 0 Å². The van der Waals surface area contributed by atoms with Gasteiger partial charge in [-0.2, -0.15) is 26.3 Å². The van der Waals surface area contributed by atoms with Gasteiger partial charge in [0.2, 0.25) is 5.12 Å². The van der Waals surface area contributed by atoms with Crippen molar-refractivity contribution in [1.82, 2.24) is 9.88 Å². The van der Waals surface area contributed by atoms with Crippen LogP contribution in [-0.4, -0.2) is 14.9 Å². The number of carbonyl (C=O) groups is 2. The van der Waals surface area contributed by atoms with Crippen LogP contribution in [0.3, 0.4) is 0 Å². The molecule has 1 aromatic heterocycles. The number of alkyl halides is 6. The van der Waals surface area contributed by atoms with Crippen LogP contribution >= 0.6 is 11.8 Å². The van der Waals surface area contributed by atoms with E-state index in [0.29, 0.717) is 40.4 Å². The summed E-state index contributed by atoms with van der Waals surface area (Å²) in [6, 6.07) is 8.06. The van der Waals surface area contributed by atoms with E-state index in [1.54, 1.807) is 24.3 Å². The van der Waals surface area contributed by atoms with Gasteiger partial charge in [-0.1, -0.05) is 12.1 Å². The van der Waals surface area contributed by atoms with Crippen LogP contribution in [0.4, 0.5) is 31.1 Å². The maximum absolute atomic E-state index is 13.1. The number of halogens is 6. The van der Waals surface area contributed by atoms with Gasteiger partial charge in [0.05, 0.1) is 16.8 Å². The molecule has 3 aromatic rings. The number of fused-ring (bicyclic) bond motifs is 1. The smallest absolute Gasteiger partial charge is 0.343 e. The fourth-order valence-electron chi connectivity index (χ4n) is 3.39. The van der Waals surface area contributed by atoms with Crippen molar-refractivity contribution in [2.75, 3.05) is 0 Å². The first-order valence-electron chi connectivity index (χ1n) is 9.03. The van der Waals surface area contributed by atoms with Crippen molar-refractivity contribution in [1.29, 1.82) is 0 Å². The topological polar surface area (TPSA) is 51.1 Å². The molecular weight excluding hydrogens is 458 g/mol. The predicted molar refractivity (Wildman–Crippen MR) is 107 cm³/mol. The summed E-state index contributed by atoms with van der Waals surface area (Å²) >= 11 is 0.520. The molecule has 4 rings (SSSR count). The van der Waals surface area contributed by atoms with Crippen LogP contribution in [-0.2, 0) is 23.7 Å². The van der Waals surface area contributed by atoms with Crippen molar-refractivity contribution < 1.29 is 35.9 Å². The minimum Gasteiger partial charge on any atom is -0.343 e. The third kappa shape index (κ3) is 4.38. The second kappa shape index (κ2) is 7.73. The Hall–Kier alpha value is -3.21. The number of amides is 1. The maximum Gasteiger partial charge on any atom is 0.416 e. The molecular formula is C21H12F6N2O2S. The molecule has 1 saturated heterocycles. The Bertz CT molecular complexity index is 1240. The van der Waals surface area contributed by atoms with E-state index in [2.05, 4.69) is 5.32 Å². The van der Waals surface area contributed by atoms with Crippen molar-refractivity contribution in [2.45, 2.75) is 18.9 Å². The van der Waals surface area contributed by atoms with Crippen LogP contribution < -0.4 is 5.32 Å². The molecule has 0 spiro atoms. The zero-order chi connectivity index (χ0) is 23.3. The summed E-state index contributed by atoms with van der Waals surface area (Å²) in [6.45, 7) is -0.234. The highest BCUT2D eigenvalue weighted by Crippen LogP contribution is 2.37. The van der Waals surface area contributed by atoms with Crippen LogP contribution in [0.5, 0.6) is 0 Å². The quantitative estimate of drug-likeness (QED) is 0.375. The van der Waals surface area contributed by atoms with Gasteiger partial charge in [-0.3, -0.25) is 9.59 Å². The van der Waals surface area contributed by atoms with Crippen LogP contribution in [0.1, 0.15) is 22.3 Å². The number of nitrogens with one attached hydrogen (secondary N) is 1. The average Bonchev–Trinajstić information content (AvgIpc) is 3.23. The van der Waals surface area contributed by atoms with Crippen LogP contribution in [0.25, 0.3) is 17.0 Å². The highest BCUT2D eigenvalue weighted by Gasteiger charge is 2.37. The number of benzene rings is 2.